The topological polar surface area (TPSA) is 61.8 Å². The SMILES string of the molecule is COCOC(=O)C(COC(C)=O)C1CC2CC1C1C3C=CC(C3)C21. The molecule has 132 valence electrons. The number of carbonyl (C=O) groups is 2. The van der Waals surface area contributed by atoms with E-state index in [9.17, 15) is 9.59 Å². The van der Waals surface area contributed by atoms with Crippen molar-refractivity contribution in [3.63, 3.8) is 0 Å². The van der Waals surface area contributed by atoms with E-state index in [0.717, 1.165) is 30.1 Å². The summed E-state index contributed by atoms with van der Waals surface area (Å²) in [5.74, 6) is 3.58. The average molecular weight is 334 g/mol. The van der Waals surface area contributed by atoms with Crippen LogP contribution in [-0.2, 0) is 23.8 Å². The first-order chi connectivity index (χ1) is 11.6. The van der Waals surface area contributed by atoms with Crippen LogP contribution in [0.3, 0.4) is 0 Å². The van der Waals surface area contributed by atoms with Crippen molar-refractivity contribution in [3.05, 3.63) is 12.2 Å². The summed E-state index contributed by atoms with van der Waals surface area (Å²) in [4.78, 5) is 23.8. The number of ether oxygens (including phenoxy) is 3. The molecule has 4 aliphatic rings. The third kappa shape index (κ3) is 2.48. The van der Waals surface area contributed by atoms with Crippen LogP contribution in [0.2, 0.25) is 0 Å². The van der Waals surface area contributed by atoms with Gasteiger partial charge in [0.15, 0.2) is 6.79 Å². The highest BCUT2D eigenvalue weighted by molar-refractivity contribution is 5.74. The molecule has 4 aliphatic carbocycles. The lowest BCUT2D eigenvalue weighted by Gasteiger charge is -2.39. The monoisotopic (exact) mass is 334 g/mol. The number of esters is 2. The van der Waals surface area contributed by atoms with E-state index in [-0.39, 0.29) is 37.2 Å². The van der Waals surface area contributed by atoms with Gasteiger partial charge in [0.05, 0.1) is 5.92 Å². The normalized spacial score (nSPS) is 42.2. The van der Waals surface area contributed by atoms with Gasteiger partial charge in [0, 0.05) is 14.0 Å². The molecule has 0 aliphatic heterocycles. The Morgan fingerprint density at radius 2 is 1.83 bits per heavy atom. The summed E-state index contributed by atoms with van der Waals surface area (Å²) in [6, 6.07) is 0. The van der Waals surface area contributed by atoms with Crippen LogP contribution in [0.25, 0.3) is 0 Å². The number of allylic oxidation sites excluding steroid dienone is 2. The highest BCUT2D eigenvalue weighted by Crippen LogP contribution is 2.67. The van der Waals surface area contributed by atoms with Gasteiger partial charge in [-0.15, -0.1) is 0 Å². The van der Waals surface area contributed by atoms with E-state index < -0.39 is 0 Å². The molecule has 0 saturated heterocycles. The van der Waals surface area contributed by atoms with Gasteiger partial charge in [-0.2, -0.15) is 0 Å². The van der Waals surface area contributed by atoms with Crippen molar-refractivity contribution in [3.8, 4) is 0 Å². The fourth-order valence-corrected chi connectivity index (χ4v) is 6.33. The molecule has 8 unspecified atom stereocenters. The summed E-state index contributed by atoms with van der Waals surface area (Å²) in [7, 11) is 1.50. The van der Waals surface area contributed by atoms with Crippen molar-refractivity contribution < 1.29 is 23.8 Å². The third-order valence-corrected chi connectivity index (χ3v) is 6.93. The number of carbonyl (C=O) groups excluding carboxylic acids is 2. The highest BCUT2D eigenvalue weighted by atomic mass is 16.7. The van der Waals surface area contributed by atoms with Gasteiger partial charge in [-0.1, -0.05) is 12.2 Å². The second kappa shape index (κ2) is 6.17. The molecule has 0 radical (unpaired) electrons. The molecule has 0 N–H and O–H groups in total. The summed E-state index contributed by atoms with van der Waals surface area (Å²) in [5, 5.41) is 0. The zero-order valence-electron chi connectivity index (χ0n) is 14.4. The molecule has 0 aromatic carbocycles. The maximum atomic E-state index is 12.5. The molecular formula is C19H26O5. The van der Waals surface area contributed by atoms with Gasteiger partial charge >= 0.3 is 11.9 Å². The van der Waals surface area contributed by atoms with Crippen LogP contribution in [0.1, 0.15) is 26.2 Å². The minimum atomic E-state index is -0.358. The summed E-state index contributed by atoms with van der Waals surface area (Å²) < 4.78 is 15.3. The fourth-order valence-electron chi connectivity index (χ4n) is 6.33. The Balaban J connectivity index is 1.50. The smallest absolute Gasteiger partial charge is 0.314 e. The van der Waals surface area contributed by atoms with Crippen molar-refractivity contribution in [1.29, 1.82) is 0 Å². The van der Waals surface area contributed by atoms with E-state index in [1.54, 1.807) is 0 Å². The summed E-state index contributed by atoms with van der Waals surface area (Å²) >= 11 is 0. The fraction of sp³-hybridized carbons (Fsp3) is 0.789. The second-order valence-corrected chi connectivity index (χ2v) is 7.94. The molecule has 4 rings (SSSR count). The van der Waals surface area contributed by atoms with E-state index in [1.807, 2.05) is 0 Å². The van der Waals surface area contributed by atoms with Crippen LogP contribution in [-0.4, -0.2) is 32.4 Å². The average Bonchev–Trinajstić information content (AvgIpc) is 3.30. The Hall–Kier alpha value is -1.36. The van der Waals surface area contributed by atoms with Crippen LogP contribution in [0.4, 0.5) is 0 Å². The van der Waals surface area contributed by atoms with Crippen molar-refractivity contribution in [2.24, 2.45) is 47.3 Å². The standard InChI is InChI=1S/C19H26O5/c1-10(20)23-8-16(19(21)24-9-22-2)14-6-13-7-15(14)18-12-4-3-11(5-12)17(13)18/h3-4,11-18H,5-9H2,1-2H3. The van der Waals surface area contributed by atoms with Crippen molar-refractivity contribution in [2.45, 2.75) is 26.2 Å². The van der Waals surface area contributed by atoms with Gasteiger partial charge in [-0.3, -0.25) is 9.59 Å². The zero-order chi connectivity index (χ0) is 16.8. The van der Waals surface area contributed by atoms with Crippen LogP contribution in [0, 0.1) is 47.3 Å². The third-order valence-electron chi connectivity index (χ3n) is 6.93. The predicted molar refractivity (Wildman–Crippen MR) is 85.5 cm³/mol. The molecule has 4 bridgehead atoms. The van der Waals surface area contributed by atoms with Crippen molar-refractivity contribution >= 4 is 11.9 Å². The lowest BCUT2D eigenvalue weighted by Crippen LogP contribution is -2.39. The van der Waals surface area contributed by atoms with Gasteiger partial charge in [-0.25, -0.2) is 0 Å². The van der Waals surface area contributed by atoms with E-state index in [4.69, 9.17) is 14.2 Å². The van der Waals surface area contributed by atoms with Gasteiger partial charge < -0.3 is 14.2 Å². The Morgan fingerprint density at radius 1 is 1.08 bits per heavy atom. The minimum absolute atomic E-state index is 0.0459. The molecule has 24 heavy (non-hydrogen) atoms. The Kier molecular flexibility index (Phi) is 4.15. The summed E-state index contributed by atoms with van der Waals surface area (Å²) in [6.07, 6.45) is 8.41. The molecule has 0 heterocycles. The lowest BCUT2D eigenvalue weighted by molar-refractivity contribution is -0.167. The van der Waals surface area contributed by atoms with E-state index in [1.165, 1.54) is 26.9 Å². The maximum absolute atomic E-state index is 12.5. The van der Waals surface area contributed by atoms with E-state index >= 15 is 0 Å². The lowest BCUT2D eigenvalue weighted by atomic mass is 9.66. The van der Waals surface area contributed by atoms with E-state index in [2.05, 4.69) is 12.2 Å². The van der Waals surface area contributed by atoms with Crippen LogP contribution in [0.5, 0.6) is 0 Å². The molecule has 8 atom stereocenters. The minimum Gasteiger partial charge on any atom is -0.465 e. The van der Waals surface area contributed by atoms with Crippen molar-refractivity contribution in [2.75, 3.05) is 20.5 Å². The molecule has 5 nitrogen and oxygen atoms in total. The van der Waals surface area contributed by atoms with E-state index in [0.29, 0.717) is 11.8 Å². The van der Waals surface area contributed by atoms with Gasteiger partial charge in [0.2, 0.25) is 0 Å². The largest absolute Gasteiger partial charge is 0.465 e. The molecule has 0 spiro atoms. The first kappa shape index (κ1) is 16.1. The molecule has 0 amide bonds. The molecule has 3 fully saturated rings. The summed E-state index contributed by atoms with van der Waals surface area (Å²) in [5.41, 5.74) is 0. The molecule has 5 heteroatoms. The molecule has 0 aromatic heterocycles. The summed E-state index contributed by atoms with van der Waals surface area (Å²) in [6.45, 7) is 1.47. The Labute approximate surface area is 142 Å². The highest BCUT2D eigenvalue weighted by Gasteiger charge is 2.62. The zero-order valence-corrected chi connectivity index (χ0v) is 14.4. The number of fused-ring (bicyclic) bond motifs is 9. The maximum Gasteiger partial charge on any atom is 0.314 e. The van der Waals surface area contributed by atoms with Crippen molar-refractivity contribution in [1.82, 2.24) is 0 Å². The van der Waals surface area contributed by atoms with Gasteiger partial charge in [-0.05, 0) is 60.7 Å². The number of hydrogen-bond acceptors (Lipinski definition) is 5. The van der Waals surface area contributed by atoms with Crippen LogP contribution in [0.15, 0.2) is 12.2 Å². The van der Waals surface area contributed by atoms with Crippen LogP contribution < -0.4 is 0 Å². The first-order valence-corrected chi connectivity index (χ1v) is 9.07. The number of methoxy groups -OCH3 is 1. The quantitative estimate of drug-likeness (QED) is 0.323. The number of hydrogen-bond donors (Lipinski definition) is 0. The first-order valence-electron chi connectivity index (χ1n) is 9.07. The molecular weight excluding hydrogens is 308 g/mol. The Bertz CT molecular complexity index is 556. The van der Waals surface area contributed by atoms with Gasteiger partial charge in [0.25, 0.3) is 0 Å². The number of rotatable bonds is 6. The second-order valence-electron chi connectivity index (χ2n) is 7.94. The van der Waals surface area contributed by atoms with Gasteiger partial charge in [0.1, 0.15) is 6.61 Å². The predicted octanol–water partition coefficient (Wildman–Crippen LogP) is 2.41. The Morgan fingerprint density at radius 3 is 2.54 bits per heavy atom. The van der Waals surface area contributed by atoms with Crippen LogP contribution >= 0.6 is 0 Å². The molecule has 0 aromatic rings. The molecule has 3 saturated carbocycles.